The van der Waals surface area contributed by atoms with Crippen molar-refractivity contribution in [1.29, 1.82) is 5.26 Å². The van der Waals surface area contributed by atoms with Crippen molar-refractivity contribution in [2.24, 2.45) is 5.73 Å². The standard InChI is InChI=1S/C22H27N9O2/c1-13(14-4-6-15(7-5-14)20-25-27-28-26-20)31-17-9-19(22(31)33)29(11-17)12-18(24)21(32)30-8-2-3-16(30)10-23/h4-7,13,16-19H,2-3,8-9,11-12,24H2,1H3,(H,25,26,27,28)/t13-,16-,17?,18-,19+/m0/s1. The van der Waals surface area contributed by atoms with Crippen LogP contribution >= 0.6 is 0 Å². The highest BCUT2D eigenvalue weighted by Gasteiger charge is 2.51. The summed E-state index contributed by atoms with van der Waals surface area (Å²) < 4.78 is 0. The molecule has 0 spiro atoms. The smallest absolute Gasteiger partial charge is 0.241 e. The maximum Gasteiger partial charge on any atom is 0.241 e. The van der Waals surface area contributed by atoms with Gasteiger partial charge in [-0.05, 0) is 37.0 Å². The van der Waals surface area contributed by atoms with Crippen molar-refractivity contribution in [1.82, 2.24) is 35.3 Å². The van der Waals surface area contributed by atoms with Crippen LogP contribution in [-0.2, 0) is 9.59 Å². The molecule has 0 saturated carbocycles. The third-order valence-corrected chi connectivity index (χ3v) is 7.16. The molecule has 1 unspecified atom stereocenters. The SMILES string of the molecule is C[C@@H](c1ccc(-c2nn[nH]n2)cc1)N1C(=O)[C@H]2CC1CN2C[C@H](N)C(=O)N1CCC[C@H]1C#N. The minimum absolute atomic E-state index is 0.0646. The topological polar surface area (TPSA) is 148 Å². The summed E-state index contributed by atoms with van der Waals surface area (Å²) in [5, 5.41) is 23.3. The molecule has 33 heavy (non-hydrogen) atoms. The van der Waals surface area contributed by atoms with E-state index < -0.39 is 6.04 Å². The van der Waals surface area contributed by atoms with E-state index in [0.717, 1.165) is 24.0 Å². The number of benzene rings is 1. The summed E-state index contributed by atoms with van der Waals surface area (Å²) in [6, 6.07) is 8.69. The average molecular weight is 450 g/mol. The number of piperazine rings is 1. The van der Waals surface area contributed by atoms with Crippen LogP contribution in [0.15, 0.2) is 24.3 Å². The number of aromatic amines is 1. The Hall–Kier alpha value is -3.36. The van der Waals surface area contributed by atoms with Crippen LogP contribution in [0.2, 0.25) is 0 Å². The van der Waals surface area contributed by atoms with E-state index in [-0.39, 0.29) is 36.0 Å². The minimum Gasteiger partial charge on any atom is -0.330 e. The van der Waals surface area contributed by atoms with Crippen LogP contribution in [0, 0.1) is 11.3 Å². The van der Waals surface area contributed by atoms with Gasteiger partial charge in [-0.15, -0.1) is 10.2 Å². The number of H-pyrrole nitrogens is 1. The number of carbonyl (C=O) groups excluding carboxylic acids is 2. The lowest BCUT2D eigenvalue weighted by Crippen LogP contribution is -2.56. The molecule has 2 bridgehead atoms. The first-order valence-electron chi connectivity index (χ1n) is 11.3. The summed E-state index contributed by atoms with van der Waals surface area (Å²) in [5.74, 6) is 0.417. The lowest BCUT2D eigenvalue weighted by atomic mass is 10.0. The van der Waals surface area contributed by atoms with Crippen LogP contribution in [0.3, 0.4) is 0 Å². The van der Waals surface area contributed by atoms with E-state index in [0.29, 0.717) is 31.9 Å². The molecule has 11 heteroatoms. The monoisotopic (exact) mass is 449 g/mol. The van der Waals surface area contributed by atoms with Gasteiger partial charge in [-0.3, -0.25) is 14.5 Å². The van der Waals surface area contributed by atoms with E-state index in [4.69, 9.17) is 5.73 Å². The first-order valence-corrected chi connectivity index (χ1v) is 11.3. The van der Waals surface area contributed by atoms with Crippen molar-refractivity contribution < 1.29 is 9.59 Å². The second-order valence-corrected chi connectivity index (χ2v) is 9.06. The van der Waals surface area contributed by atoms with Gasteiger partial charge in [0.05, 0.1) is 24.2 Å². The van der Waals surface area contributed by atoms with Crippen molar-refractivity contribution >= 4 is 11.8 Å². The molecular weight excluding hydrogens is 422 g/mol. The van der Waals surface area contributed by atoms with Gasteiger partial charge in [-0.2, -0.15) is 10.5 Å². The number of hydrogen-bond donors (Lipinski definition) is 2. The van der Waals surface area contributed by atoms with Crippen LogP contribution in [-0.4, -0.2) is 90.9 Å². The average Bonchev–Trinajstić information content (AvgIpc) is 3.62. The van der Waals surface area contributed by atoms with E-state index in [1.165, 1.54) is 0 Å². The highest BCUT2D eigenvalue weighted by atomic mass is 16.2. The van der Waals surface area contributed by atoms with E-state index in [1.807, 2.05) is 41.0 Å². The third-order valence-electron chi connectivity index (χ3n) is 7.16. The Morgan fingerprint density at radius 2 is 2.15 bits per heavy atom. The molecule has 5 atom stereocenters. The Balaban J connectivity index is 1.22. The molecule has 3 aliphatic rings. The van der Waals surface area contributed by atoms with Crippen molar-refractivity contribution in [3.63, 3.8) is 0 Å². The fourth-order valence-corrected chi connectivity index (χ4v) is 5.46. The fraction of sp³-hybridized carbons (Fsp3) is 0.545. The fourth-order valence-electron chi connectivity index (χ4n) is 5.46. The van der Waals surface area contributed by atoms with E-state index in [2.05, 4.69) is 26.7 Å². The van der Waals surface area contributed by atoms with Crippen molar-refractivity contribution in [3.8, 4) is 17.5 Å². The van der Waals surface area contributed by atoms with Gasteiger partial charge in [-0.1, -0.05) is 24.3 Å². The molecule has 3 N–H and O–H groups in total. The zero-order chi connectivity index (χ0) is 23.1. The molecule has 3 fully saturated rings. The number of tetrazole rings is 1. The molecular formula is C22H27N9O2. The number of fused-ring (bicyclic) bond motifs is 2. The molecule has 172 valence electrons. The second-order valence-electron chi connectivity index (χ2n) is 9.06. The lowest BCUT2D eigenvalue weighted by Gasteiger charge is -2.38. The maximum atomic E-state index is 13.2. The highest BCUT2D eigenvalue weighted by Crippen LogP contribution is 2.38. The molecule has 3 saturated heterocycles. The van der Waals surface area contributed by atoms with Crippen molar-refractivity contribution in [2.75, 3.05) is 19.6 Å². The van der Waals surface area contributed by atoms with E-state index >= 15 is 0 Å². The number of nitriles is 1. The first-order chi connectivity index (χ1) is 16.0. The van der Waals surface area contributed by atoms with Crippen LogP contribution in [0.25, 0.3) is 11.4 Å². The van der Waals surface area contributed by atoms with E-state index in [1.54, 1.807) is 4.90 Å². The predicted octanol–water partition coefficient (Wildman–Crippen LogP) is 0.0547. The molecule has 4 heterocycles. The summed E-state index contributed by atoms with van der Waals surface area (Å²) in [4.78, 5) is 31.6. The number of rotatable bonds is 6. The Labute approximate surface area is 191 Å². The largest absolute Gasteiger partial charge is 0.330 e. The molecule has 1 aromatic heterocycles. The van der Waals surface area contributed by atoms with Crippen LogP contribution in [0.4, 0.5) is 0 Å². The lowest BCUT2D eigenvalue weighted by molar-refractivity contribution is -0.140. The van der Waals surface area contributed by atoms with Gasteiger partial charge in [0.15, 0.2) is 0 Å². The van der Waals surface area contributed by atoms with Crippen LogP contribution < -0.4 is 5.73 Å². The number of aromatic nitrogens is 4. The van der Waals surface area contributed by atoms with Crippen LogP contribution in [0.1, 0.15) is 37.8 Å². The number of hydrogen-bond acceptors (Lipinski definition) is 8. The number of nitrogens with one attached hydrogen (secondary N) is 1. The Morgan fingerprint density at radius 3 is 2.82 bits per heavy atom. The zero-order valence-electron chi connectivity index (χ0n) is 18.5. The summed E-state index contributed by atoms with van der Waals surface area (Å²) in [6.45, 7) is 3.65. The molecule has 5 rings (SSSR count). The molecule has 11 nitrogen and oxygen atoms in total. The van der Waals surface area contributed by atoms with Gasteiger partial charge in [0.2, 0.25) is 17.6 Å². The quantitative estimate of drug-likeness (QED) is 0.629. The number of nitrogens with two attached hydrogens (primary N) is 1. The summed E-state index contributed by atoms with van der Waals surface area (Å²) in [6.07, 6.45) is 2.27. The Kier molecular flexibility index (Phi) is 5.55. The minimum atomic E-state index is -0.727. The summed E-state index contributed by atoms with van der Waals surface area (Å²) in [7, 11) is 0. The molecule has 0 radical (unpaired) electrons. The van der Waals surface area contributed by atoms with E-state index in [9.17, 15) is 14.9 Å². The number of amides is 2. The van der Waals surface area contributed by atoms with Crippen molar-refractivity contribution in [3.05, 3.63) is 29.8 Å². The zero-order valence-corrected chi connectivity index (χ0v) is 18.5. The van der Waals surface area contributed by atoms with Crippen molar-refractivity contribution in [2.45, 2.75) is 56.4 Å². The van der Waals surface area contributed by atoms with Gasteiger partial charge >= 0.3 is 0 Å². The molecule has 0 aliphatic carbocycles. The second kappa shape index (κ2) is 8.53. The first kappa shape index (κ1) is 21.5. The molecule has 2 amide bonds. The van der Waals surface area contributed by atoms with Gasteiger partial charge in [0, 0.05) is 31.2 Å². The Bertz CT molecular complexity index is 1060. The summed E-state index contributed by atoms with van der Waals surface area (Å²) >= 11 is 0. The maximum absolute atomic E-state index is 13.2. The highest BCUT2D eigenvalue weighted by molar-refractivity contribution is 5.87. The van der Waals surface area contributed by atoms with Gasteiger partial charge in [0.25, 0.3) is 0 Å². The number of likely N-dealkylation sites (tertiary alicyclic amines) is 3. The third kappa shape index (κ3) is 3.75. The molecule has 2 aromatic rings. The predicted molar refractivity (Wildman–Crippen MR) is 117 cm³/mol. The number of nitrogens with zero attached hydrogens (tertiary/aromatic N) is 7. The molecule has 1 aromatic carbocycles. The molecule has 3 aliphatic heterocycles. The van der Waals surface area contributed by atoms with Crippen LogP contribution in [0.5, 0.6) is 0 Å². The number of carbonyl (C=O) groups is 2. The normalized spacial score (nSPS) is 26.6. The van der Waals surface area contributed by atoms with Gasteiger partial charge in [0.1, 0.15) is 6.04 Å². The van der Waals surface area contributed by atoms with Gasteiger partial charge in [-0.25, -0.2) is 0 Å². The summed E-state index contributed by atoms with van der Waals surface area (Å²) in [5.41, 5.74) is 8.12. The Morgan fingerprint density at radius 1 is 1.36 bits per heavy atom. The van der Waals surface area contributed by atoms with Gasteiger partial charge < -0.3 is 15.5 Å².